The number of nitrogens with one attached hydrogen (secondary N) is 1. The molecule has 1 fully saturated rings. The smallest absolute Gasteiger partial charge is 0.169 e. The van der Waals surface area contributed by atoms with Crippen molar-refractivity contribution in [3.63, 3.8) is 0 Å². The number of halogens is 1. The van der Waals surface area contributed by atoms with Gasteiger partial charge >= 0.3 is 0 Å². The second-order valence-electron chi connectivity index (χ2n) is 5.59. The van der Waals surface area contributed by atoms with Gasteiger partial charge in [-0.15, -0.1) is 0 Å². The molecule has 0 aromatic carbocycles. The Morgan fingerprint density at radius 1 is 1.50 bits per heavy atom. The van der Waals surface area contributed by atoms with Gasteiger partial charge in [-0.2, -0.15) is 0 Å². The third-order valence-electron chi connectivity index (χ3n) is 3.27. The number of nitrogens with zero attached hydrogens (tertiary/aromatic N) is 1. The minimum atomic E-state index is 0.655. The van der Waals surface area contributed by atoms with E-state index in [-0.39, 0.29) is 0 Å². The van der Waals surface area contributed by atoms with E-state index in [1.54, 1.807) is 0 Å². The van der Waals surface area contributed by atoms with E-state index in [4.69, 9.17) is 4.42 Å². The third-order valence-corrected chi connectivity index (χ3v) is 3.70. The molecule has 1 aromatic rings. The van der Waals surface area contributed by atoms with Crippen molar-refractivity contribution in [3.8, 4) is 0 Å². The summed E-state index contributed by atoms with van der Waals surface area (Å²) < 4.78 is 6.43. The lowest BCUT2D eigenvalue weighted by Gasteiger charge is -2.26. The molecule has 1 atom stereocenters. The van der Waals surface area contributed by atoms with Crippen molar-refractivity contribution in [2.24, 2.45) is 5.92 Å². The Labute approximate surface area is 118 Å². The third kappa shape index (κ3) is 4.41. The second kappa shape index (κ2) is 6.73. The summed E-state index contributed by atoms with van der Waals surface area (Å²) >= 11 is 3.36. The van der Waals surface area contributed by atoms with Gasteiger partial charge in [0.25, 0.3) is 0 Å². The number of furan rings is 1. The van der Waals surface area contributed by atoms with Gasteiger partial charge in [-0.05, 0) is 53.4 Å². The van der Waals surface area contributed by atoms with Gasteiger partial charge in [-0.25, -0.2) is 0 Å². The van der Waals surface area contributed by atoms with Crippen LogP contribution in [-0.2, 0) is 6.54 Å². The van der Waals surface area contributed by atoms with Gasteiger partial charge in [0.2, 0.25) is 0 Å². The lowest BCUT2D eigenvalue weighted by Crippen LogP contribution is -2.38. The maximum absolute atomic E-state index is 5.61. The molecule has 102 valence electrons. The molecule has 3 nitrogen and oxygen atoms in total. The van der Waals surface area contributed by atoms with E-state index in [0.717, 1.165) is 30.1 Å². The van der Waals surface area contributed by atoms with Crippen LogP contribution in [0.1, 0.15) is 32.4 Å². The standard InChI is InChI=1S/C14H23BrN2O/c1-11(2)8-17(9-12-4-3-7-16-12)10-13-5-6-14(15)18-13/h5-6,11-12,16H,3-4,7-10H2,1-2H3. The summed E-state index contributed by atoms with van der Waals surface area (Å²) in [4.78, 5) is 2.50. The number of rotatable bonds is 6. The average molecular weight is 315 g/mol. The minimum Gasteiger partial charge on any atom is -0.453 e. The van der Waals surface area contributed by atoms with Crippen LogP contribution in [0.25, 0.3) is 0 Å². The lowest BCUT2D eigenvalue weighted by molar-refractivity contribution is 0.200. The first-order valence-corrected chi connectivity index (χ1v) is 7.62. The van der Waals surface area contributed by atoms with Crippen LogP contribution in [0, 0.1) is 5.92 Å². The minimum absolute atomic E-state index is 0.655. The van der Waals surface area contributed by atoms with E-state index in [0.29, 0.717) is 12.0 Å². The van der Waals surface area contributed by atoms with Crippen molar-refractivity contribution in [1.29, 1.82) is 0 Å². The quantitative estimate of drug-likeness (QED) is 0.873. The lowest BCUT2D eigenvalue weighted by atomic mass is 10.1. The number of hydrogen-bond acceptors (Lipinski definition) is 3. The Morgan fingerprint density at radius 3 is 2.89 bits per heavy atom. The van der Waals surface area contributed by atoms with Crippen LogP contribution in [0.5, 0.6) is 0 Å². The molecule has 4 heteroatoms. The van der Waals surface area contributed by atoms with Crippen molar-refractivity contribution in [1.82, 2.24) is 10.2 Å². The first-order chi connectivity index (χ1) is 8.63. The predicted octanol–water partition coefficient (Wildman–Crippen LogP) is 3.25. The van der Waals surface area contributed by atoms with Crippen LogP contribution >= 0.6 is 15.9 Å². The number of hydrogen-bond donors (Lipinski definition) is 1. The Balaban J connectivity index is 1.91. The molecule has 1 unspecified atom stereocenters. The molecule has 1 aliphatic rings. The van der Waals surface area contributed by atoms with Gasteiger partial charge in [-0.3, -0.25) is 4.90 Å². The summed E-state index contributed by atoms with van der Waals surface area (Å²) in [6, 6.07) is 4.68. The van der Waals surface area contributed by atoms with Crippen molar-refractivity contribution in [2.45, 2.75) is 39.3 Å². The fourth-order valence-corrected chi connectivity index (χ4v) is 2.94. The van der Waals surface area contributed by atoms with Gasteiger partial charge in [0, 0.05) is 19.1 Å². The largest absolute Gasteiger partial charge is 0.453 e. The van der Waals surface area contributed by atoms with E-state index in [1.165, 1.54) is 19.4 Å². The topological polar surface area (TPSA) is 28.4 Å². The highest BCUT2D eigenvalue weighted by molar-refractivity contribution is 9.10. The first-order valence-electron chi connectivity index (χ1n) is 6.83. The fraction of sp³-hybridized carbons (Fsp3) is 0.714. The predicted molar refractivity (Wildman–Crippen MR) is 77.5 cm³/mol. The molecular formula is C14H23BrN2O. The molecule has 0 bridgehead atoms. The summed E-state index contributed by atoms with van der Waals surface area (Å²) in [5, 5.41) is 3.57. The van der Waals surface area contributed by atoms with Crippen LogP contribution in [0.2, 0.25) is 0 Å². The van der Waals surface area contributed by atoms with E-state index in [1.807, 2.05) is 6.07 Å². The molecule has 1 aliphatic heterocycles. The average Bonchev–Trinajstić information content (AvgIpc) is 2.89. The maximum Gasteiger partial charge on any atom is 0.169 e. The summed E-state index contributed by atoms with van der Waals surface area (Å²) in [5.74, 6) is 1.73. The molecule has 0 saturated carbocycles. The monoisotopic (exact) mass is 314 g/mol. The van der Waals surface area contributed by atoms with Gasteiger partial charge in [0.1, 0.15) is 5.76 Å². The second-order valence-corrected chi connectivity index (χ2v) is 6.37. The van der Waals surface area contributed by atoms with E-state index < -0.39 is 0 Å². The Kier molecular flexibility index (Phi) is 5.27. The molecule has 0 spiro atoms. The summed E-state index contributed by atoms with van der Waals surface area (Å²) in [7, 11) is 0. The van der Waals surface area contributed by atoms with E-state index in [2.05, 4.69) is 46.1 Å². The zero-order valence-electron chi connectivity index (χ0n) is 11.3. The zero-order chi connectivity index (χ0) is 13.0. The Hall–Kier alpha value is -0.320. The van der Waals surface area contributed by atoms with Crippen LogP contribution in [0.4, 0.5) is 0 Å². The zero-order valence-corrected chi connectivity index (χ0v) is 12.9. The summed E-state index contributed by atoms with van der Waals surface area (Å²) in [6.45, 7) is 8.86. The molecule has 1 saturated heterocycles. The molecule has 2 rings (SSSR count). The Bertz CT molecular complexity index is 358. The highest BCUT2D eigenvalue weighted by Crippen LogP contribution is 2.17. The van der Waals surface area contributed by atoms with Gasteiger partial charge in [0.15, 0.2) is 4.67 Å². The van der Waals surface area contributed by atoms with E-state index in [9.17, 15) is 0 Å². The molecule has 0 amide bonds. The van der Waals surface area contributed by atoms with Crippen LogP contribution in [-0.4, -0.2) is 30.6 Å². The van der Waals surface area contributed by atoms with Crippen LogP contribution in [0.15, 0.2) is 21.2 Å². The summed E-state index contributed by atoms with van der Waals surface area (Å²) in [6.07, 6.45) is 2.61. The Morgan fingerprint density at radius 2 is 2.33 bits per heavy atom. The molecule has 18 heavy (non-hydrogen) atoms. The van der Waals surface area contributed by atoms with E-state index >= 15 is 0 Å². The van der Waals surface area contributed by atoms with Gasteiger partial charge < -0.3 is 9.73 Å². The molecule has 0 aliphatic carbocycles. The van der Waals surface area contributed by atoms with Crippen molar-refractivity contribution < 1.29 is 4.42 Å². The van der Waals surface area contributed by atoms with Crippen molar-refractivity contribution >= 4 is 15.9 Å². The normalized spacial score (nSPS) is 20.2. The maximum atomic E-state index is 5.61. The van der Waals surface area contributed by atoms with Crippen molar-refractivity contribution in [3.05, 3.63) is 22.6 Å². The molecule has 2 heterocycles. The highest BCUT2D eigenvalue weighted by atomic mass is 79.9. The van der Waals surface area contributed by atoms with Gasteiger partial charge in [0.05, 0.1) is 6.54 Å². The van der Waals surface area contributed by atoms with Gasteiger partial charge in [-0.1, -0.05) is 13.8 Å². The molecule has 1 N–H and O–H groups in total. The van der Waals surface area contributed by atoms with Crippen molar-refractivity contribution in [2.75, 3.05) is 19.6 Å². The SMILES string of the molecule is CC(C)CN(Cc1ccc(Br)o1)CC1CCCN1. The fourth-order valence-electron chi connectivity index (χ4n) is 2.60. The van der Waals surface area contributed by atoms with Crippen LogP contribution in [0.3, 0.4) is 0 Å². The molecule has 0 radical (unpaired) electrons. The first kappa shape index (κ1) is 14.1. The van der Waals surface area contributed by atoms with Crippen LogP contribution < -0.4 is 5.32 Å². The molecular weight excluding hydrogens is 292 g/mol. The highest BCUT2D eigenvalue weighted by Gasteiger charge is 2.19. The molecule has 1 aromatic heterocycles. The summed E-state index contributed by atoms with van der Waals surface area (Å²) in [5.41, 5.74) is 0.